The zero-order valence-corrected chi connectivity index (χ0v) is 24.3. The molecule has 0 aliphatic carbocycles. The summed E-state index contributed by atoms with van der Waals surface area (Å²) in [6.45, 7) is 9.19. The lowest BCUT2D eigenvalue weighted by molar-refractivity contribution is -0.122. The van der Waals surface area contributed by atoms with Crippen LogP contribution >= 0.6 is 24.0 Å². The number of nitrogens with zero attached hydrogens (tertiary/aromatic N) is 5. The molecule has 0 N–H and O–H groups in total. The van der Waals surface area contributed by atoms with Crippen molar-refractivity contribution in [2.24, 2.45) is 0 Å². The van der Waals surface area contributed by atoms with Crippen molar-refractivity contribution >= 4 is 51.8 Å². The highest BCUT2D eigenvalue weighted by Crippen LogP contribution is 2.36. The summed E-state index contributed by atoms with van der Waals surface area (Å²) in [7, 11) is 0. The Morgan fingerprint density at radius 1 is 1.05 bits per heavy atom. The number of pyridine rings is 1. The first-order valence-corrected chi connectivity index (χ1v) is 14.7. The molecular formula is C29H34FN5O2S2. The minimum Gasteiger partial charge on any atom is -0.366 e. The van der Waals surface area contributed by atoms with Gasteiger partial charge in [0.25, 0.3) is 11.5 Å². The molecule has 1 aromatic carbocycles. The number of benzene rings is 1. The third-order valence-electron chi connectivity index (χ3n) is 7.24. The van der Waals surface area contributed by atoms with Gasteiger partial charge in [-0.25, -0.2) is 4.39 Å². The molecule has 206 valence electrons. The molecule has 2 aromatic rings. The summed E-state index contributed by atoms with van der Waals surface area (Å²) in [4.78, 5) is 33.1. The predicted molar refractivity (Wildman–Crippen MR) is 161 cm³/mol. The van der Waals surface area contributed by atoms with Crippen molar-refractivity contribution in [2.45, 2.75) is 53.0 Å². The van der Waals surface area contributed by atoms with Crippen LogP contribution in [0, 0.1) is 24.1 Å². The van der Waals surface area contributed by atoms with Crippen molar-refractivity contribution in [2.75, 3.05) is 42.5 Å². The van der Waals surface area contributed by atoms with Crippen LogP contribution in [0.3, 0.4) is 0 Å². The lowest BCUT2D eigenvalue weighted by atomic mass is 10.0. The molecule has 4 rings (SSSR count). The molecule has 39 heavy (non-hydrogen) atoms. The zero-order valence-electron chi connectivity index (χ0n) is 22.7. The van der Waals surface area contributed by atoms with Crippen molar-refractivity contribution in [3.63, 3.8) is 0 Å². The van der Waals surface area contributed by atoms with E-state index in [4.69, 9.17) is 12.2 Å². The Hall–Kier alpha value is -3.16. The van der Waals surface area contributed by atoms with Gasteiger partial charge in [-0.2, -0.15) is 5.26 Å². The average Bonchev–Trinajstić information content (AvgIpc) is 3.20. The van der Waals surface area contributed by atoms with E-state index in [0.29, 0.717) is 71.1 Å². The number of hydrogen-bond acceptors (Lipinski definition) is 7. The van der Waals surface area contributed by atoms with Crippen molar-refractivity contribution < 1.29 is 9.18 Å². The summed E-state index contributed by atoms with van der Waals surface area (Å²) in [6, 6.07) is 8.85. The summed E-state index contributed by atoms with van der Waals surface area (Å²) in [5, 5.41) is 9.91. The molecule has 2 fully saturated rings. The molecule has 2 aliphatic heterocycles. The Balaban J connectivity index is 1.78. The number of nitriles is 1. The minimum absolute atomic E-state index is 0.0903. The summed E-state index contributed by atoms with van der Waals surface area (Å²) < 4.78 is 16.7. The predicted octanol–water partition coefficient (Wildman–Crippen LogP) is 5.30. The molecule has 3 heterocycles. The van der Waals surface area contributed by atoms with Crippen LogP contribution in [0.2, 0.25) is 0 Å². The topological polar surface area (TPSA) is 72.6 Å². The molecule has 10 heteroatoms. The maximum atomic E-state index is 14.5. The smallest absolute Gasteiger partial charge is 0.270 e. The number of aromatic nitrogens is 1. The van der Waals surface area contributed by atoms with E-state index in [1.54, 1.807) is 28.5 Å². The van der Waals surface area contributed by atoms with Crippen LogP contribution in [0.4, 0.5) is 15.9 Å². The molecule has 0 unspecified atom stereocenters. The fourth-order valence-corrected chi connectivity index (χ4v) is 6.31. The van der Waals surface area contributed by atoms with Gasteiger partial charge >= 0.3 is 0 Å². The lowest BCUT2D eigenvalue weighted by Gasteiger charge is -2.39. The van der Waals surface area contributed by atoms with Gasteiger partial charge < -0.3 is 9.80 Å². The number of hydrogen-bond donors (Lipinski definition) is 0. The normalized spacial score (nSPS) is 16.9. The summed E-state index contributed by atoms with van der Waals surface area (Å²) in [5.41, 5.74) is 1.58. The number of anilines is 2. The van der Waals surface area contributed by atoms with Crippen LogP contribution < -0.4 is 15.4 Å². The van der Waals surface area contributed by atoms with Gasteiger partial charge in [0.1, 0.15) is 27.6 Å². The average molecular weight is 568 g/mol. The first-order chi connectivity index (χ1) is 18.8. The molecule has 7 nitrogen and oxygen atoms in total. The van der Waals surface area contributed by atoms with Crippen LogP contribution in [0.1, 0.15) is 56.2 Å². The minimum atomic E-state index is -0.317. The highest BCUT2D eigenvalue weighted by Gasteiger charge is 2.33. The van der Waals surface area contributed by atoms with Gasteiger partial charge in [-0.3, -0.25) is 19.1 Å². The van der Waals surface area contributed by atoms with E-state index in [-0.39, 0.29) is 22.8 Å². The largest absolute Gasteiger partial charge is 0.366 e. The maximum absolute atomic E-state index is 14.5. The summed E-state index contributed by atoms with van der Waals surface area (Å²) in [5.74, 6) is 0.306. The van der Waals surface area contributed by atoms with Crippen LogP contribution in [0.15, 0.2) is 34.0 Å². The molecule has 2 saturated heterocycles. The van der Waals surface area contributed by atoms with Gasteiger partial charge in [0.05, 0.1) is 10.6 Å². The van der Waals surface area contributed by atoms with Gasteiger partial charge in [-0.05, 0) is 43.5 Å². The number of rotatable bonds is 9. The van der Waals surface area contributed by atoms with Crippen LogP contribution in [0.5, 0.6) is 0 Å². The van der Waals surface area contributed by atoms with Gasteiger partial charge in [0, 0.05) is 44.8 Å². The molecule has 0 spiro atoms. The first kappa shape index (κ1) is 28.8. The maximum Gasteiger partial charge on any atom is 0.270 e. The van der Waals surface area contributed by atoms with E-state index in [9.17, 15) is 19.2 Å². The van der Waals surface area contributed by atoms with Gasteiger partial charge in [0.2, 0.25) is 0 Å². The van der Waals surface area contributed by atoms with Crippen molar-refractivity contribution in [1.29, 1.82) is 5.26 Å². The number of thioether (sulfide) groups is 1. The van der Waals surface area contributed by atoms with Crippen LogP contribution in [-0.4, -0.2) is 52.4 Å². The molecule has 0 bridgehead atoms. The van der Waals surface area contributed by atoms with E-state index in [2.05, 4.69) is 24.8 Å². The summed E-state index contributed by atoms with van der Waals surface area (Å²) >= 11 is 6.77. The monoisotopic (exact) mass is 567 g/mol. The second-order valence-corrected chi connectivity index (χ2v) is 11.4. The van der Waals surface area contributed by atoms with E-state index in [1.807, 2.05) is 17.0 Å². The number of thiocarbonyl (C=S) groups is 1. The molecule has 0 radical (unpaired) electrons. The van der Waals surface area contributed by atoms with Crippen molar-refractivity contribution in [1.82, 2.24) is 9.47 Å². The standard InChI is InChI=1S/C29H34FN5O2S2/c1-4-6-12-34-26(33-16-14-32(15-17-33)24-11-9-8-10-23(24)30)21(20(3)22(19-31)27(34)36)18-25-28(37)35(13-7-5-2)29(38)39-25/h8-11,18H,4-7,12-17H2,1-3H3/b25-18-. The Bertz CT molecular complexity index is 1390. The Labute approximate surface area is 238 Å². The number of para-hydroxylation sites is 1. The molecule has 0 atom stereocenters. The molecular weight excluding hydrogens is 533 g/mol. The van der Waals surface area contributed by atoms with E-state index in [1.165, 1.54) is 17.8 Å². The number of carbonyl (C=O) groups is 1. The summed E-state index contributed by atoms with van der Waals surface area (Å²) in [6.07, 6.45) is 5.27. The number of unbranched alkanes of at least 4 members (excludes halogenated alkanes) is 2. The second kappa shape index (κ2) is 12.8. The van der Waals surface area contributed by atoms with Gasteiger partial charge in [-0.1, -0.05) is 62.8 Å². The highest BCUT2D eigenvalue weighted by molar-refractivity contribution is 8.26. The Morgan fingerprint density at radius 3 is 2.33 bits per heavy atom. The molecule has 1 amide bonds. The third-order valence-corrected chi connectivity index (χ3v) is 8.62. The highest BCUT2D eigenvalue weighted by atomic mass is 32.2. The third kappa shape index (κ3) is 5.89. The SMILES string of the molecule is CCCCN1C(=O)/C(=C/c2c(C)c(C#N)c(=O)n(CCCC)c2N2CCN(c3ccccc3F)CC2)SC1=S. The van der Waals surface area contributed by atoms with Crippen LogP contribution in [-0.2, 0) is 11.3 Å². The van der Waals surface area contributed by atoms with Gasteiger partial charge in [0.15, 0.2) is 0 Å². The second-order valence-electron chi connectivity index (χ2n) is 9.77. The van der Waals surface area contributed by atoms with Crippen molar-refractivity contribution in [3.05, 3.63) is 62.0 Å². The molecule has 1 aromatic heterocycles. The van der Waals surface area contributed by atoms with E-state index in [0.717, 1.165) is 25.7 Å². The lowest BCUT2D eigenvalue weighted by Crippen LogP contribution is -2.49. The Kier molecular flexibility index (Phi) is 9.46. The number of carbonyl (C=O) groups excluding carboxylic acids is 1. The zero-order chi connectivity index (χ0) is 28.1. The number of piperazine rings is 1. The van der Waals surface area contributed by atoms with Crippen LogP contribution in [0.25, 0.3) is 6.08 Å². The number of amides is 1. The van der Waals surface area contributed by atoms with E-state index < -0.39 is 0 Å². The van der Waals surface area contributed by atoms with Gasteiger partial charge in [-0.15, -0.1) is 0 Å². The molecule has 0 saturated carbocycles. The van der Waals surface area contributed by atoms with E-state index >= 15 is 0 Å². The number of halogens is 1. The Morgan fingerprint density at radius 2 is 1.69 bits per heavy atom. The fraction of sp³-hybridized carbons (Fsp3) is 0.448. The fourth-order valence-electron chi connectivity index (χ4n) is 5.02. The first-order valence-electron chi connectivity index (χ1n) is 13.5. The quantitative estimate of drug-likeness (QED) is 0.301. The van der Waals surface area contributed by atoms with Crippen molar-refractivity contribution in [3.8, 4) is 6.07 Å². The molecule has 2 aliphatic rings.